The molecule has 3 rings (SSSR count). The maximum Gasteiger partial charge on any atom is 0.127 e. The van der Waals surface area contributed by atoms with Crippen molar-refractivity contribution in [3.05, 3.63) is 47.0 Å². The van der Waals surface area contributed by atoms with Crippen molar-refractivity contribution in [3.63, 3.8) is 0 Å². The number of benzene rings is 1. The van der Waals surface area contributed by atoms with Crippen LogP contribution in [-0.2, 0) is 13.1 Å². The van der Waals surface area contributed by atoms with E-state index in [0.717, 1.165) is 35.5 Å². The average molecular weight is 323 g/mol. The smallest absolute Gasteiger partial charge is 0.127 e. The maximum absolute atomic E-state index is 6.27. The summed E-state index contributed by atoms with van der Waals surface area (Å²) in [6.07, 6.45) is 3.89. The zero-order chi connectivity index (χ0) is 15.0. The number of hydrogen-bond donors (Lipinski definition) is 0. The van der Waals surface area contributed by atoms with Gasteiger partial charge in [0.1, 0.15) is 5.82 Å². The van der Waals surface area contributed by atoms with Gasteiger partial charge in [-0.15, -0.1) is 11.6 Å². The lowest BCUT2D eigenvalue weighted by Crippen LogP contribution is -2.11. The van der Waals surface area contributed by atoms with Gasteiger partial charge in [-0.1, -0.05) is 11.6 Å². The van der Waals surface area contributed by atoms with Gasteiger partial charge in [-0.2, -0.15) is 5.10 Å². The van der Waals surface area contributed by atoms with Gasteiger partial charge < -0.3 is 4.57 Å². The van der Waals surface area contributed by atoms with Gasteiger partial charge in [0.15, 0.2) is 0 Å². The van der Waals surface area contributed by atoms with E-state index in [4.69, 9.17) is 23.2 Å². The first kappa shape index (κ1) is 14.4. The van der Waals surface area contributed by atoms with Crippen LogP contribution in [0.15, 0.2) is 30.6 Å². The van der Waals surface area contributed by atoms with E-state index in [9.17, 15) is 0 Å². The van der Waals surface area contributed by atoms with Crippen LogP contribution in [0.3, 0.4) is 0 Å². The first-order chi connectivity index (χ1) is 10.0. The number of halogens is 2. The lowest BCUT2D eigenvalue weighted by atomic mass is 10.3. The largest absolute Gasteiger partial charge is 0.325 e. The third-order valence-electron chi connectivity index (χ3n) is 3.41. The third kappa shape index (κ3) is 2.92. The molecule has 2 aromatic heterocycles. The molecule has 0 bridgehead atoms. The first-order valence-electron chi connectivity index (χ1n) is 6.83. The normalized spacial score (nSPS) is 13.0. The predicted molar refractivity (Wildman–Crippen MR) is 86.0 cm³/mol. The molecule has 0 saturated carbocycles. The lowest BCUT2D eigenvalue weighted by Gasteiger charge is -2.10. The van der Waals surface area contributed by atoms with Crippen LogP contribution >= 0.6 is 23.2 Å². The summed E-state index contributed by atoms with van der Waals surface area (Å²) >= 11 is 12.3. The van der Waals surface area contributed by atoms with Crippen molar-refractivity contribution in [1.82, 2.24) is 19.3 Å². The summed E-state index contributed by atoms with van der Waals surface area (Å²) in [7, 11) is 0. The zero-order valence-electron chi connectivity index (χ0n) is 11.9. The maximum atomic E-state index is 6.27. The van der Waals surface area contributed by atoms with Crippen LogP contribution in [0.25, 0.3) is 11.0 Å². The Morgan fingerprint density at radius 3 is 2.76 bits per heavy atom. The third-order valence-corrected chi connectivity index (χ3v) is 3.84. The molecule has 0 aliphatic rings. The van der Waals surface area contributed by atoms with Crippen molar-refractivity contribution in [2.75, 3.05) is 0 Å². The Balaban J connectivity index is 1.97. The molecule has 0 aliphatic carbocycles. The molecule has 6 heteroatoms. The summed E-state index contributed by atoms with van der Waals surface area (Å²) in [4.78, 5) is 4.61. The van der Waals surface area contributed by atoms with E-state index in [2.05, 4.69) is 14.6 Å². The second-order valence-electron chi connectivity index (χ2n) is 5.15. The van der Waals surface area contributed by atoms with E-state index in [1.54, 1.807) is 0 Å². The average Bonchev–Trinajstić information content (AvgIpc) is 2.99. The number of alkyl halides is 1. The summed E-state index contributed by atoms with van der Waals surface area (Å²) in [6.45, 7) is 5.51. The number of aryl methyl sites for hydroxylation is 3. The van der Waals surface area contributed by atoms with E-state index in [1.165, 1.54) is 0 Å². The standard InChI is InChI=1S/C15H16Cl2N4/c1-10-8-18-20(9-10)5-6-21-14-4-3-12(17)7-13(14)19-15(21)11(2)16/h3-4,7-9,11H,5-6H2,1-2H3. The second-order valence-corrected chi connectivity index (χ2v) is 6.24. The monoisotopic (exact) mass is 322 g/mol. The number of aromatic nitrogens is 4. The van der Waals surface area contributed by atoms with E-state index < -0.39 is 0 Å². The molecule has 0 radical (unpaired) electrons. The predicted octanol–water partition coefficient (Wildman–Crippen LogP) is 4.19. The summed E-state index contributed by atoms with van der Waals surface area (Å²) < 4.78 is 4.07. The molecular formula is C15H16Cl2N4. The van der Waals surface area contributed by atoms with Gasteiger partial charge in [0.05, 0.1) is 29.2 Å². The van der Waals surface area contributed by atoms with E-state index in [0.29, 0.717) is 5.02 Å². The Kier molecular flexibility index (Phi) is 3.91. The molecule has 4 nitrogen and oxygen atoms in total. The topological polar surface area (TPSA) is 35.6 Å². The fourth-order valence-corrected chi connectivity index (χ4v) is 2.78. The van der Waals surface area contributed by atoms with Crippen molar-refractivity contribution >= 4 is 34.2 Å². The van der Waals surface area contributed by atoms with Crippen molar-refractivity contribution < 1.29 is 0 Å². The molecule has 1 unspecified atom stereocenters. The van der Waals surface area contributed by atoms with Crippen LogP contribution < -0.4 is 0 Å². The van der Waals surface area contributed by atoms with Crippen LogP contribution in [0.4, 0.5) is 0 Å². The van der Waals surface area contributed by atoms with Gasteiger partial charge in [0, 0.05) is 17.8 Å². The fraction of sp³-hybridized carbons (Fsp3) is 0.333. The van der Waals surface area contributed by atoms with Crippen molar-refractivity contribution in [2.24, 2.45) is 0 Å². The number of imidazole rings is 1. The molecule has 0 aliphatic heterocycles. The number of hydrogen-bond acceptors (Lipinski definition) is 2. The molecule has 1 atom stereocenters. The summed E-state index contributed by atoms with van der Waals surface area (Å²) in [5.41, 5.74) is 3.08. The minimum absolute atomic E-state index is 0.157. The Morgan fingerprint density at radius 2 is 2.10 bits per heavy atom. The molecular weight excluding hydrogens is 307 g/mol. The lowest BCUT2D eigenvalue weighted by molar-refractivity contribution is 0.528. The van der Waals surface area contributed by atoms with Crippen molar-refractivity contribution in [3.8, 4) is 0 Å². The van der Waals surface area contributed by atoms with Crippen LogP contribution in [-0.4, -0.2) is 19.3 Å². The van der Waals surface area contributed by atoms with Gasteiger partial charge in [-0.3, -0.25) is 4.68 Å². The van der Waals surface area contributed by atoms with Gasteiger partial charge >= 0.3 is 0 Å². The Bertz CT molecular complexity index is 773. The summed E-state index contributed by atoms with van der Waals surface area (Å²) in [6, 6.07) is 5.73. The quantitative estimate of drug-likeness (QED) is 0.675. The number of rotatable bonds is 4. The first-order valence-corrected chi connectivity index (χ1v) is 7.65. The molecule has 0 spiro atoms. The van der Waals surface area contributed by atoms with Gasteiger partial charge in [-0.05, 0) is 37.6 Å². The zero-order valence-corrected chi connectivity index (χ0v) is 13.4. The van der Waals surface area contributed by atoms with Crippen LogP contribution in [0.5, 0.6) is 0 Å². The molecule has 0 saturated heterocycles. The molecule has 0 N–H and O–H groups in total. The Labute approximate surface area is 133 Å². The Hall–Kier alpha value is -1.52. The molecule has 0 amide bonds. The van der Waals surface area contributed by atoms with Crippen LogP contribution in [0.2, 0.25) is 5.02 Å². The molecule has 3 aromatic rings. The SMILES string of the molecule is Cc1cnn(CCn2c(C(C)Cl)nc3cc(Cl)ccc32)c1. The van der Waals surface area contributed by atoms with Crippen molar-refractivity contribution in [1.29, 1.82) is 0 Å². The fourth-order valence-electron chi connectivity index (χ4n) is 2.45. The highest BCUT2D eigenvalue weighted by Gasteiger charge is 2.15. The highest BCUT2D eigenvalue weighted by atomic mass is 35.5. The minimum atomic E-state index is -0.157. The van der Waals surface area contributed by atoms with Gasteiger partial charge in [0.25, 0.3) is 0 Å². The van der Waals surface area contributed by atoms with Gasteiger partial charge in [-0.25, -0.2) is 4.98 Å². The van der Waals surface area contributed by atoms with Crippen LogP contribution in [0, 0.1) is 6.92 Å². The molecule has 2 heterocycles. The van der Waals surface area contributed by atoms with Gasteiger partial charge in [0.2, 0.25) is 0 Å². The molecule has 1 aromatic carbocycles. The molecule has 0 fully saturated rings. The molecule has 110 valence electrons. The van der Waals surface area contributed by atoms with E-state index in [-0.39, 0.29) is 5.38 Å². The number of nitrogens with zero attached hydrogens (tertiary/aromatic N) is 4. The Morgan fingerprint density at radius 1 is 1.29 bits per heavy atom. The minimum Gasteiger partial charge on any atom is -0.325 e. The number of fused-ring (bicyclic) bond motifs is 1. The van der Waals surface area contributed by atoms with E-state index in [1.807, 2.05) is 49.1 Å². The van der Waals surface area contributed by atoms with Crippen LogP contribution in [0.1, 0.15) is 23.7 Å². The summed E-state index contributed by atoms with van der Waals surface area (Å²) in [5, 5.41) is 4.84. The van der Waals surface area contributed by atoms with Crippen molar-refractivity contribution in [2.45, 2.75) is 32.3 Å². The highest BCUT2D eigenvalue weighted by Crippen LogP contribution is 2.26. The highest BCUT2D eigenvalue weighted by molar-refractivity contribution is 6.31. The van der Waals surface area contributed by atoms with E-state index >= 15 is 0 Å². The molecule has 21 heavy (non-hydrogen) atoms. The second kappa shape index (κ2) is 5.70. The summed E-state index contributed by atoms with van der Waals surface area (Å²) in [5.74, 6) is 0.859.